The topological polar surface area (TPSA) is 105 Å². The summed E-state index contributed by atoms with van der Waals surface area (Å²) in [7, 11) is -3.32. The molecule has 1 saturated heterocycles. The molecule has 2 aromatic rings. The van der Waals surface area contributed by atoms with Gasteiger partial charge >= 0.3 is 0 Å². The Balaban J connectivity index is 1.60. The van der Waals surface area contributed by atoms with E-state index in [2.05, 4.69) is 28.8 Å². The summed E-state index contributed by atoms with van der Waals surface area (Å²) in [5.74, 6) is 0.673. The number of nitrogens with one attached hydrogen (secondary N) is 1. The fourth-order valence-corrected chi connectivity index (χ4v) is 4.70. The predicted octanol–water partition coefficient (Wildman–Crippen LogP) is 3.38. The normalized spacial score (nSPS) is 19.9. The lowest BCUT2D eigenvalue weighted by Gasteiger charge is -2.39. The van der Waals surface area contributed by atoms with Gasteiger partial charge in [0.1, 0.15) is 0 Å². The van der Waals surface area contributed by atoms with Crippen LogP contribution in [0, 0.1) is 0 Å². The molecule has 8 nitrogen and oxygen atoms in total. The second-order valence-electron chi connectivity index (χ2n) is 7.17. The molecule has 2 unspecified atom stereocenters. The lowest BCUT2D eigenvalue weighted by molar-refractivity contribution is -0.134. The molecule has 0 saturated carbocycles. The van der Waals surface area contributed by atoms with E-state index in [9.17, 15) is 13.2 Å². The number of thioether (sulfide) groups is 1. The zero-order valence-corrected chi connectivity index (χ0v) is 18.4. The summed E-state index contributed by atoms with van der Waals surface area (Å²) >= 11 is 1.23. The molecule has 1 aromatic carbocycles. The van der Waals surface area contributed by atoms with E-state index in [0.29, 0.717) is 22.4 Å². The van der Waals surface area contributed by atoms with Crippen LogP contribution < -0.4 is 4.72 Å². The van der Waals surface area contributed by atoms with Crippen molar-refractivity contribution in [1.29, 1.82) is 0 Å². The Morgan fingerprint density at radius 2 is 1.86 bits per heavy atom. The number of hydrogen-bond donors (Lipinski definition) is 1. The highest BCUT2D eigenvalue weighted by Gasteiger charge is 2.29. The molecule has 2 heterocycles. The van der Waals surface area contributed by atoms with Gasteiger partial charge in [-0.25, -0.2) is 8.42 Å². The molecule has 0 spiro atoms. The number of sulfonamides is 1. The third-order valence-electron chi connectivity index (χ3n) is 4.99. The number of amides is 1. The Labute approximate surface area is 175 Å². The number of likely N-dealkylation sites (tertiary alicyclic amines) is 1. The Bertz CT molecular complexity index is 933. The highest BCUT2D eigenvalue weighted by atomic mass is 32.2. The molecular weight excluding hydrogens is 412 g/mol. The number of carbonyl (C=O) groups excluding carboxylic acids is 1. The third kappa shape index (κ3) is 5.51. The maximum atomic E-state index is 12.6. The van der Waals surface area contributed by atoms with Gasteiger partial charge in [0.2, 0.25) is 21.8 Å². The second kappa shape index (κ2) is 9.17. The van der Waals surface area contributed by atoms with Crippen LogP contribution in [-0.2, 0) is 14.8 Å². The molecule has 1 amide bonds. The van der Waals surface area contributed by atoms with Gasteiger partial charge in [0.25, 0.3) is 5.22 Å². The maximum absolute atomic E-state index is 12.6. The van der Waals surface area contributed by atoms with Crippen molar-refractivity contribution in [3.8, 4) is 11.5 Å². The molecule has 3 rings (SSSR count). The number of benzene rings is 1. The molecule has 1 fully saturated rings. The first kappa shape index (κ1) is 21.6. The lowest BCUT2D eigenvalue weighted by Crippen LogP contribution is -2.48. The highest BCUT2D eigenvalue weighted by molar-refractivity contribution is 7.99. The van der Waals surface area contributed by atoms with Gasteiger partial charge in [-0.1, -0.05) is 11.8 Å². The SMILES string of the molecule is CCS(=O)(=O)Nc1ccc(-c2nnc(SCC(=O)N3C(C)CCCC3C)o2)cc1. The molecule has 0 bridgehead atoms. The maximum Gasteiger partial charge on any atom is 0.277 e. The van der Waals surface area contributed by atoms with Gasteiger partial charge in [-0.05, 0) is 64.3 Å². The van der Waals surface area contributed by atoms with Crippen LogP contribution in [0.1, 0.15) is 40.0 Å². The zero-order chi connectivity index (χ0) is 21.0. The van der Waals surface area contributed by atoms with E-state index in [1.54, 1.807) is 31.2 Å². The van der Waals surface area contributed by atoms with Crippen molar-refractivity contribution < 1.29 is 17.6 Å². The standard InChI is InChI=1S/C19H26N4O4S2/c1-4-29(25,26)22-16-10-8-15(9-11-16)18-20-21-19(27-18)28-12-17(24)23-13(2)6-5-7-14(23)3/h8-11,13-14,22H,4-7,12H2,1-3H3. The molecule has 1 N–H and O–H groups in total. The quantitative estimate of drug-likeness (QED) is 0.661. The van der Waals surface area contributed by atoms with Gasteiger partial charge in [0.15, 0.2) is 0 Å². The van der Waals surface area contributed by atoms with Gasteiger partial charge in [0, 0.05) is 23.3 Å². The van der Waals surface area contributed by atoms with E-state index >= 15 is 0 Å². The van der Waals surface area contributed by atoms with Gasteiger partial charge in [-0.2, -0.15) is 0 Å². The van der Waals surface area contributed by atoms with E-state index in [4.69, 9.17) is 4.42 Å². The Morgan fingerprint density at radius 3 is 2.48 bits per heavy atom. The number of aromatic nitrogens is 2. The summed E-state index contributed by atoms with van der Waals surface area (Å²) in [5, 5.41) is 8.37. The number of rotatable bonds is 7. The minimum absolute atomic E-state index is 0.00665. The van der Waals surface area contributed by atoms with Crippen LogP contribution in [0.3, 0.4) is 0 Å². The summed E-state index contributed by atoms with van der Waals surface area (Å²) < 4.78 is 31.4. The predicted molar refractivity (Wildman–Crippen MR) is 113 cm³/mol. The van der Waals surface area contributed by atoms with Crippen LogP contribution in [0.15, 0.2) is 33.9 Å². The Hall–Kier alpha value is -2.07. The van der Waals surface area contributed by atoms with Crippen molar-refractivity contribution >= 4 is 33.4 Å². The van der Waals surface area contributed by atoms with Crippen molar-refractivity contribution in [2.45, 2.75) is 57.3 Å². The van der Waals surface area contributed by atoms with Crippen LogP contribution in [-0.4, -0.2) is 53.0 Å². The van der Waals surface area contributed by atoms with Crippen molar-refractivity contribution in [3.05, 3.63) is 24.3 Å². The Kier molecular flexibility index (Phi) is 6.84. The molecule has 2 atom stereocenters. The van der Waals surface area contributed by atoms with E-state index in [0.717, 1.165) is 19.3 Å². The van der Waals surface area contributed by atoms with Crippen LogP contribution in [0.5, 0.6) is 0 Å². The summed E-state index contributed by atoms with van der Waals surface area (Å²) in [6.07, 6.45) is 3.23. The highest BCUT2D eigenvalue weighted by Crippen LogP contribution is 2.27. The van der Waals surface area contributed by atoms with Crippen LogP contribution in [0.4, 0.5) is 5.69 Å². The van der Waals surface area contributed by atoms with Crippen LogP contribution >= 0.6 is 11.8 Å². The van der Waals surface area contributed by atoms with Crippen molar-refractivity contribution in [3.63, 3.8) is 0 Å². The van der Waals surface area contributed by atoms with Crippen molar-refractivity contribution in [1.82, 2.24) is 15.1 Å². The first-order chi connectivity index (χ1) is 13.8. The fraction of sp³-hybridized carbons (Fsp3) is 0.526. The van der Waals surface area contributed by atoms with E-state index < -0.39 is 10.0 Å². The van der Waals surface area contributed by atoms with Crippen LogP contribution in [0.2, 0.25) is 0 Å². The monoisotopic (exact) mass is 438 g/mol. The first-order valence-electron chi connectivity index (χ1n) is 9.67. The minimum atomic E-state index is -3.32. The van der Waals surface area contributed by atoms with E-state index in [1.165, 1.54) is 11.8 Å². The molecule has 0 aliphatic carbocycles. The molecule has 0 radical (unpaired) electrons. The minimum Gasteiger partial charge on any atom is -0.411 e. The number of hydrogen-bond acceptors (Lipinski definition) is 7. The molecule has 1 aliphatic heterocycles. The van der Waals surface area contributed by atoms with Gasteiger partial charge in [0.05, 0.1) is 11.5 Å². The summed E-state index contributed by atoms with van der Waals surface area (Å²) in [4.78, 5) is 14.6. The van der Waals surface area contributed by atoms with Crippen LogP contribution in [0.25, 0.3) is 11.5 Å². The third-order valence-corrected chi connectivity index (χ3v) is 7.10. The average molecular weight is 439 g/mol. The average Bonchev–Trinajstić information content (AvgIpc) is 3.15. The lowest BCUT2D eigenvalue weighted by atomic mass is 9.98. The first-order valence-corrected chi connectivity index (χ1v) is 12.3. The van der Waals surface area contributed by atoms with Crippen molar-refractivity contribution in [2.24, 2.45) is 0 Å². The smallest absolute Gasteiger partial charge is 0.277 e. The molecular formula is C19H26N4O4S2. The number of carbonyl (C=O) groups is 1. The number of piperidine rings is 1. The Morgan fingerprint density at radius 1 is 1.21 bits per heavy atom. The van der Waals surface area contributed by atoms with Gasteiger partial charge in [-0.15, -0.1) is 10.2 Å². The second-order valence-corrected chi connectivity index (χ2v) is 10.1. The molecule has 10 heteroatoms. The molecule has 29 heavy (non-hydrogen) atoms. The summed E-state index contributed by atoms with van der Waals surface area (Å²) in [6.45, 7) is 5.76. The summed E-state index contributed by atoms with van der Waals surface area (Å²) in [5.41, 5.74) is 1.15. The van der Waals surface area contributed by atoms with Crippen molar-refractivity contribution in [2.75, 3.05) is 16.2 Å². The molecule has 1 aromatic heterocycles. The largest absolute Gasteiger partial charge is 0.411 e. The van der Waals surface area contributed by atoms with E-state index in [1.807, 2.05) is 4.90 Å². The molecule has 158 valence electrons. The summed E-state index contributed by atoms with van der Waals surface area (Å²) in [6, 6.07) is 7.21. The van der Waals surface area contributed by atoms with Gasteiger partial charge < -0.3 is 9.32 Å². The van der Waals surface area contributed by atoms with E-state index in [-0.39, 0.29) is 29.5 Å². The zero-order valence-electron chi connectivity index (χ0n) is 16.8. The number of anilines is 1. The molecule has 1 aliphatic rings. The number of nitrogens with zero attached hydrogens (tertiary/aromatic N) is 3. The van der Waals surface area contributed by atoms with Gasteiger partial charge in [-0.3, -0.25) is 9.52 Å². The fourth-order valence-electron chi connectivity index (χ4n) is 3.43.